The topological polar surface area (TPSA) is 53.2 Å². The molecule has 0 saturated carbocycles. The summed E-state index contributed by atoms with van der Waals surface area (Å²) in [7, 11) is 0. The maximum absolute atomic E-state index is 10.6. The zero-order valence-electron chi connectivity index (χ0n) is 8.63. The normalized spacial score (nSPS) is 9.20. The Labute approximate surface area is 94.0 Å². The molecule has 15 heavy (non-hydrogen) atoms. The molecule has 0 fully saturated rings. The van der Waals surface area contributed by atoms with Crippen molar-refractivity contribution in [2.75, 3.05) is 5.32 Å². The van der Waals surface area contributed by atoms with Crippen LogP contribution < -0.4 is 16.2 Å². The number of rotatable bonds is 1. The van der Waals surface area contributed by atoms with E-state index < -0.39 is 0 Å². The van der Waals surface area contributed by atoms with Gasteiger partial charge in [0.25, 0.3) is 0 Å². The number of thiocarbonyl (C=S) groups is 1. The van der Waals surface area contributed by atoms with Crippen LogP contribution in [0.1, 0.15) is 12.5 Å². The minimum absolute atomic E-state index is 0.191. The van der Waals surface area contributed by atoms with Crippen LogP contribution in [0.15, 0.2) is 24.3 Å². The van der Waals surface area contributed by atoms with Crippen molar-refractivity contribution in [3.05, 3.63) is 29.8 Å². The maximum Gasteiger partial charge on any atom is 0.235 e. The first-order valence-corrected chi connectivity index (χ1v) is 4.89. The van der Waals surface area contributed by atoms with Crippen molar-refractivity contribution in [3.63, 3.8) is 0 Å². The molecule has 0 aliphatic rings. The first-order chi connectivity index (χ1) is 7.09. The highest BCUT2D eigenvalue weighted by atomic mass is 32.1. The number of nitrogens with one attached hydrogen (secondary N) is 3. The lowest BCUT2D eigenvalue weighted by atomic mass is 10.2. The fraction of sp³-hybridized carbons (Fsp3) is 0.200. The SMILES string of the molecule is CC(=O)NNC(=S)Nc1ccccc1C. The van der Waals surface area contributed by atoms with Crippen molar-refractivity contribution in [1.82, 2.24) is 10.9 Å². The molecular weight excluding hydrogens is 210 g/mol. The number of benzene rings is 1. The Kier molecular flexibility index (Phi) is 4.05. The zero-order chi connectivity index (χ0) is 11.3. The van der Waals surface area contributed by atoms with Gasteiger partial charge in [0.05, 0.1) is 0 Å². The summed E-state index contributed by atoms with van der Waals surface area (Å²) in [6.07, 6.45) is 0. The van der Waals surface area contributed by atoms with E-state index in [1.54, 1.807) is 0 Å². The molecule has 4 nitrogen and oxygen atoms in total. The van der Waals surface area contributed by atoms with E-state index in [1.807, 2.05) is 31.2 Å². The zero-order valence-corrected chi connectivity index (χ0v) is 9.44. The van der Waals surface area contributed by atoms with Crippen LogP contribution >= 0.6 is 12.2 Å². The Morgan fingerprint density at radius 1 is 1.27 bits per heavy atom. The molecule has 1 aromatic carbocycles. The average Bonchev–Trinajstić information content (AvgIpc) is 2.18. The Balaban J connectivity index is 2.52. The lowest BCUT2D eigenvalue weighted by Gasteiger charge is -2.11. The quantitative estimate of drug-likeness (QED) is 0.496. The number of carbonyl (C=O) groups is 1. The number of hydrogen-bond acceptors (Lipinski definition) is 2. The molecule has 5 heteroatoms. The number of hydrogen-bond donors (Lipinski definition) is 3. The predicted octanol–water partition coefficient (Wildman–Crippen LogP) is 1.33. The van der Waals surface area contributed by atoms with E-state index in [1.165, 1.54) is 6.92 Å². The number of aryl methyl sites for hydroxylation is 1. The number of anilines is 1. The smallest absolute Gasteiger partial charge is 0.235 e. The first-order valence-electron chi connectivity index (χ1n) is 4.49. The van der Waals surface area contributed by atoms with Crippen LogP contribution in [-0.4, -0.2) is 11.0 Å². The van der Waals surface area contributed by atoms with E-state index >= 15 is 0 Å². The van der Waals surface area contributed by atoms with Crippen LogP contribution in [0.25, 0.3) is 0 Å². The molecule has 0 heterocycles. The van der Waals surface area contributed by atoms with Gasteiger partial charge in [0, 0.05) is 12.6 Å². The molecule has 0 unspecified atom stereocenters. The van der Waals surface area contributed by atoms with E-state index in [-0.39, 0.29) is 5.91 Å². The van der Waals surface area contributed by atoms with E-state index in [0.717, 1.165) is 11.3 Å². The van der Waals surface area contributed by atoms with Crippen LogP contribution in [0.4, 0.5) is 5.69 Å². The third kappa shape index (κ3) is 3.95. The highest BCUT2D eigenvalue weighted by Gasteiger charge is 1.99. The van der Waals surface area contributed by atoms with Crippen molar-refractivity contribution < 1.29 is 4.79 Å². The van der Waals surface area contributed by atoms with Crippen molar-refractivity contribution >= 4 is 28.9 Å². The van der Waals surface area contributed by atoms with Gasteiger partial charge >= 0.3 is 0 Å². The maximum atomic E-state index is 10.6. The first kappa shape index (κ1) is 11.5. The summed E-state index contributed by atoms with van der Waals surface area (Å²) < 4.78 is 0. The Morgan fingerprint density at radius 3 is 2.53 bits per heavy atom. The van der Waals surface area contributed by atoms with Crippen LogP contribution in [0.5, 0.6) is 0 Å². The molecule has 0 saturated heterocycles. The summed E-state index contributed by atoms with van der Waals surface area (Å²) in [5.41, 5.74) is 6.98. The van der Waals surface area contributed by atoms with Crippen molar-refractivity contribution in [2.45, 2.75) is 13.8 Å². The summed E-state index contributed by atoms with van der Waals surface area (Å²) in [5, 5.41) is 3.33. The predicted molar refractivity (Wildman–Crippen MR) is 64.4 cm³/mol. The summed E-state index contributed by atoms with van der Waals surface area (Å²) in [5.74, 6) is -0.191. The monoisotopic (exact) mass is 223 g/mol. The van der Waals surface area contributed by atoms with Crippen LogP contribution in [0.2, 0.25) is 0 Å². The lowest BCUT2D eigenvalue weighted by Crippen LogP contribution is -2.42. The van der Waals surface area contributed by atoms with Crippen LogP contribution in [-0.2, 0) is 4.79 Å². The molecule has 80 valence electrons. The molecule has 0 aliphatic heterocycles. The Hall–Kier alpha value is -1.62. The van der Waals surface area contributed by atoms with E-state index in [0.29, 0.717) is 5.11 Å². The van der Waals surface area contributed by atoms with Gasteiger partial charge in [-0.25, -0.2) is 0 Å². The summed E-state index contributed by atoms with van der Waals surface area (Å²) in [6, 6.07) is 7.75. The summed E-state index contributed by atoms with van der Waals surface area (Å²) >= 11 is 4.98. The van der Waals surface area contributed by atoms with Gasteiger partial charge in [-0.1, -0.05) is 18.2 Å². The molecule has 1 amide bonds. The minimum Gasteiger partial charge on any atom is -0.331 e. The molecule has 3 N–H and O–H groups in total. The third-order valence-corrected chi connectivity index (χ3v) is 1.95. The molecule has 0 bridgehead atoms. The summed E-state index contributed by atoms with van der Waals surface area (Å²) in [4.78, 5) is 10.6. The number of hydrazine groups is 1. The standard InChI is InChI=1S/C10H13N3OS/c1-7-5-3-4-6-9(7)11-10(15)13-12-8(2)14/h3-6H,1-2H3,(H,12,14)(H2,11,13,15). The lowest BCUT2D eigenvalue weighted by molar-refractivity contribution is -0.119. The Bertz CT molecular complexity index is 379. The summed E-state index contributed by atoms with van der Waals surface area (Å²) in [6.45, 7) is 3.38. The third-order valence-electron chi connectivity index (χ3n) is 1.75. The molecule has 0 spiro atoms. The minimum atomic E-state index is -0.191. The van der Waals surface area contributed by atoms with Gasteiger partial charge in [-0.15, -0.1) is 0 Å². The van der Waals surface area contributed by atoms with Gasteiger partial charge < -0.3 is 5.32 Å². The van der Waals surface area contributed by atoms with Crippen LogP contribution in [0.3, 0.4) is 0 Å². The highest BCUT2D eigenvalue weighted by Crippen LogP contribution is 2.12. The van der Waals surface area contributed by atoms with E-state index in [4.69, 9.17) is 12.2 Å². The second-order valence-corrected chi connectivity index (χ2v) is 3.48. The van der Waals surface area contributed by atoms with E-state index in [9.17, 15) is 4.79 Å². The fourth-order valence-corrected chi connectivity index (χ4v) is 1.17. The second-order valence-electron chi connectivity index (χ2n) is 3.08. The second kappa shape index (κ2) is 5.31. The fourth-order valence-electron chi connectivity index (χ4n) is 1.01. The average molecular weight is 223 g/mol. The number of carbonyl (C=O) groups excluding carboxylic acids is 1. The largest absolute Gasteiger partial charge is 0.331 e. The Morgan fingerprint density at radius 2 is 1.93 bits per heavy atom. The highest BCUT2D eigenvalue weighted by molar-refractivity contribution is 7.80. The van der Waals surface area contributed by atoms with Gasteiger partial charge in [-0.3, -0.25) is 15.6 Å². The van der Waals surface area contributed by atoms with Gasteiger partial charge in [0.2, 0.25) is 5.91 Å². The molecule has 1 rings (SSSR count). The van der Waals surface area contributed by atoms with Gasteiger partial charge in [-0.05, 0) is 30.8 Å². The molecule has 0 atom stereocenters. The van der Waals surface area contributed by atoms with Crippen molar-refractivity contribution in [2.24, 2.45) is 0 Å². The van der Waals surface area contributed by atoms with Crippen molar-refractivity contribution in [3.8, 4) is 0 Å². The molecular formula is C10H13N3OS. The molecule has 0 radical (unpaired) electrons. The molecule has 0 aromatic heterocycles. The van der Waals surface area contributed by atoms with Gasteiger partial charge in [-0.2, -0.15) is 0 Å². The van der Waals surface area contributed by atoms with E-state index in [2.05, 4.69) is 16.2 Å². The van der Waals surface area contributed by atoms with Crippen molar-refractivity contribution in [1.29, 1.82) is 0 Å². The number of amides is 1. The molecule has 1 aromatic rings. The van der Waals surface area contributed by atoms with Gasteiger partial charge in [0.1, 0.15) is 0 Å². The van der Waals surface area contributed by atoms with Crippen LogP contribution in [0, 0.1) is 6.92 Å². The molecule has 0 aliphatic carbocycles. The van der Waals surface area contributed by atoms with Gasteiger partial charge in [0.15, 0.2) is 5.11 Å². The number of para-hydroxylation sites is 1.